The van der Waals surface area contributed by atoms with Crippen LogP contribution in [0.4, 0.5) is 17.1 Å². The summed E-state index contributed by atoms with van der Waals surface area (Å²) >= 11 is 0. The van der Waals surface area contributed by atoms with Crippen LogP contribution in [0.25, 0.3) is 0 Å². The summed E-state index contributed by atoms with van der Waals surface area (Å²) in [5.74, 6) is -0.892. The van der Waals surface area contributed by atoms with Crippen LogP contribution in [-0.2, 0) is 15.0 Å². The van der Waals surface area contributed by atoms with Crippen molar-refractivity contribution in [1.29, 1.82) is 5.26 Å². The highest BCUT2D eigenvalue weighted by molar-refractivity contribution is 6.19. The molecule has 33 heavy (non-hydrogen) atoms. The van der Waals surface area contributed by atoms with Crippen LogP contribution in [0.2, 0.25) is 0 Å². The summed E-state index contributed by atoms with van der Waals surface area (Å²) in [5, 5.41) is 24.9. The largest absolute Gasteiger partial charge is 0.384 e. The van der Waals surface area contributed by atoms with E-state index in [0.717, 1.165) is 0 Å². The summed E-state index contributed by atoms with van der Waals surface area (Å²) in [5.41, 5.74) is 6.93. The Morgan fingerprint density at radius 3 is 2.70 bits per heavy atom. The van der Waals surface area contributed by atoms with Crippen molar-refractivity contribution < 1.29 is 14.5 Å². The smallest absolute Gasteiger partial charge is 0.293 e. The van der Waals surface area contributed by atoms with Gasteiger partial charge in [-0.3, -0.25) is 24.6 Å². The first kappa shape index (κ1) is 20.5. The van der Waals surface area contributed by atoms with E-state index in [-0.39, 0.29) is 40.5 Å². The predicted octanol–water partition coefficient (Wildman–Crippen LogP) is 3.31. The van der Waals surface area contributed by atoms with Gasteiger partial charge in [0, 0.05) is 35.0 Å². The first-order chi connectivity index (χ1) is 15.8. The Kier molecular flexibility index (Phi) is 4.36. The average molecular weight is 441 g/mol. The number of aryl methyl sites for hydroxylation is 1. The number of nitro groups is 1. The zero-order chi connectivity index (χ0) is 23.5. The van der Waals surface area contributed by atoms with E-state index in [1.807, 2.05) is 0 Å². The summed E-state index contributed by atoms with van der Waals surface area (Å²) < 4.78 is 0. The molecule has 2 heterocycles. The minimum atomic E-state index is -1.68. The van der Waals surface area contributed by atoms with Gasteiger partial charge in [-0.1, -0.05) is 24.3 Å². The lowest BCUT2D eigenvalue weighted by molar-refractivity contribution is -0.384. The van der Waals surface area contributed by atoms with Crippen LogP contribution >= 0.6 is 0 Å². The van der Waals surface area contributed by atoms with Gasteiger partial charge in [-0.05, 0) is 37.5 Å². The number of ketones is 1. The Hall–Kier alpha value is -4.45. The number of carbonyl (C=O) groups is 2. The van der Waals surface area contributed by atoms with Crippen LogP contribution in [0.15, 0.2) is 65.1 Å². The molecule has 1 atom stereocenters. The molecule has 1 spiro atoms. The second-order valence-electron chi connectivity index (χ2n) is 8.30. The van der Waals surface area contributed by atoms with E-state index in [9.17, 15) is 25.0 Å². The van der Waals surface area contributed by atoms with E-state index in [1.54, 1.807) is 43.3 Å². The number of fused-ring (bicyclic) bond motifs is 3. The minimum absolute atomic E-state index is 0.0928. The van der Waals surface area contributed by atoms with E-state index >= 15 is 0 Å². The fraction of sp³-hybridized carbons (Fsp3) is 0.208. The number of para-hydroxylation sites is 1. The lowest BCUT2D eigenvalue weighted by Gasteiger charge is -2.43. The highest BCUT2D eigenvalue weighted by atomic mass is 16.6. The molecule has 0 saturated heterocycles. The number of nitro benzene ring substituents is 1. The summed E-state index contributed by atoms with van der Waals surface area (Å²) in [4.78, 5) is 39.7. The van der Waals surface area contributed by atoms with Crippen LogP contribution in [0, 0.1) is 28.4 Å². The number of amides is 1. The quantitative estimate of drug-likeness (QED) is 0.538. The third-order valence-electron chi connectivity index (χ3n) is 6.50. The molecule has 2 aromatic rings. The molecule has 0 bridgehead atoms. The molecule has 164 valence electrons. The number of nitrogens with zero attached hydrogens (tertiary/aromatic N) is 3. The van der Waals surface area contributed by atoms with Gasteiger partial charge in [-0.2, -0.15) is 5.26 Å². The number of nitrogens with one attached hydrogen (secondary N) is 1. The molecule has 9 nitrogen and oxygen atoms in total. The van der Waals surface area contributed by atoms with E-state index in [1.165, 1.54) is 11.0 Å². The molecule has 0 fully saturated rings. The standard InChI is InChI=1S/C24H19N5O4/c1-13-9-10-17(19(11-13)29(32)33)28-18-7-4-8-20(30)21(18)24(15(12-25)22(28)26)14-5-2-3-6-16(14)27-23(24)31/h2-3,5-6,9-11H,4,7-8,26H2,1H3,(H,27,31). The molecule has 0 radical (unpaired) electrons. The van der Waals surface area contributed by atoms with Crippen LogP contribution < -0.4 is 16.0 Å². The van der Waals surface area contributed by atoms with Crippen molar-refractivity contribution in [3.63, 3.8) is 0 Å². The van der Waals surface area contributed by atoms with Gasteiger partial charge in [0.05, 0.1) is 10.5 Å². The summed E-state index contributed by atoms with van der Waals surface area (Å²) in [7, 11) is 0. The van der Waals surface area contributed by atoms with Crippen molar-refractivity contribution in [1.82, 2.24) is 0 Å². The first-order valence-corrected chi connectivity index (χ1v) is 10.5. The number of carbonyl (C=O) groups excluding carboxylic acids is 2. The fourth-order valence-corrected chi connectivity index (χ4v) is 5.19. The summed E-state index contributed by atoms with van der Waals surface area (Å²) in [6.07, 6.45) is 1.09. The Balaban J connectivity index is 1.90. The molecule has 1 unspecified atom stereocenters. The second-order valence-corrected chi connectivity index (χ2v) is 8.30. The highest BCUT2D eigenvalue weighted by Gasteiger charge is 2.60. The number of hydrogen-bond donors (Lipinski definition) is 2. The van der Waals surface area contributed by atoms with Crippen molar-refractivity contribution in [3.05, 3.63) is 86.4 Å². The lowest BCUT2D eigenvalue weighted by atomic mass is 9.64. The van der Waals surface area contributed by atoms with Gasteiger partial charge < -0.3 is 11.1 Å². The fourth-order valence-electron chi connectivity index (χ4n) is 5.19. The number of nitriles is 1. The van der Waals surface area contributed by atoms with E-state index in [4.69, 9.17) is 5.73 Å². The molecule has 1 amide bonds. The molecule has 3 aliphatic rings. The normalized spacial score (nSPS) is 21.6. The molecule has 0 aromatic heterocycles. The highest BCUT2D eigenvalue weighted by Crippen LogP contribution is 2.55. The van der Waals surface area contributed by atoms with Crippen LogP contribution in [0.3, 0.4) is 0 Å². The summed E-state index contributed by atoms with van der Waals surface area (Å²) in [6.45, 7) is 1.73. The third kappa shape index (κ3) is 2.58. The molecule has 9 heteroatoms. The molecule has 1 aliphatic carbocycles. The molecular formula is C24H19N5O4. The zero-order valence-electron chi connectivity index (χ0n) is 17.7. The maximum absolute atomic E-state index is 13.5. The van der Waals surface area contributed by atoms with E-state index < -0.39 is 16.2 Å². The molecule has 5 rings (SSSR count). The van der Waals surface area contributed by atoms with Crippen LogP contribution in [0.1, 0.15) is 30.4 Å². The van der Waals surface area contributed by atoms with Gasteiger partial charge in [-0.25, -0.2) is 0 Å². The number of hydrogen-bond acceptors (Lipinski definition) is 7. The first-order valence-electron chi connectivity index (χ1n) is 10.5. The Morgan fingerprint density at radius 1 is 1.21 bits per heavy atom. The maximum atomic E-state index is 13.5. The van der Waals surface area contributed by atoms with Gasteiger partial charge in [0.1, 0.15) is 23.0 Å². The zero-order valence-corrected chi connectivity index (χ0v) is 17.7. The molecule has 3 N–H and O–H groups in total. The van der Waals surface area contributed by atoms with Gasteiger partial charge >= 0.3 is 0 Å². The number of benzene rings is 2. The molecule has 2 aromatic carbocycles. The summed E-state index contributed by atoms with van der Waals surface area (Å²) in [6, 6.07) is 13.6. The minimum Gasteiger partial charge on any atom is -0.384 e. The van der Waals surface area contributed by atoms with Crippen molar-refractivity contribution in [2.24, 2.45) is 5.73 Å². The molecule has 0 saturated carbocycles. The average Bonchev–Trinajstić information content (AvgIpc) is 3.07. The Morgan fingerprint density at radius 2 is 1.97 bits per heavy atom. The van der Waals surface area contributed by atoms with Crippen molar-refractivity contribution in [2.45, 2.75) is 31.6 Å². The van der Waals surface area contributed by atoms with Gasteiger partial charge in [0.25, 0.3) is 5.69 Å². The van der Waals surface area contributed by atoms with E-state index in [0.29, 0.717) is 35.4 Å². The maximum Gasteiger partial charge on any atom is 0.293 e. The molecular weight excluding hydrogens is 422 g/mol. The lowest BCUT2D eigenvalue weighted by Crippen LogP contribution is -2.50. The monoisotopic (exact) mass is 441 g/mol. The van der Waals surface area contributed by atoms with Crippen molar-refractivity contribution >= 4 is 28.8 Å². The second kappa shape index (κ2) is 7.03. The van der Waals surface area contributed by atoms with Crippen LogP contribution in [-0.4, -0.2) is 16.6 Å². The number of anilines is 2. The number of nitrogens with two attached hydrogens (primary N) is 1. The van der Waals surface area contributed by atoms with Crippen molar-refractivity contribution in [3.8, 4) is 6.07 Å². The van der Waals surface area contributed by atoms with Gasteiger partial charge in [-0.15, -0.1) is 0 Å². The number of rotatable bonds is 2. The Bertz CT molecular complexity index is 1380. The number of allylic oxidation sites excluding steroid dienone is 1. The van der Waals surface area contributed by atoms with Gasteiger partial charge in [0.15, 0.2) is 5.78 Å². The Labute approximate surface area is 188 Å². The SMILES string of the molecule is Cc1ccc(N2C(N)=C(C#N)C3(C(=O)Nc4ccccc43)C3=C2CCCC3=O)c([N+](=O)[O-])c1. The predicted molar refractivity (Wildman–Crippen MR) is 120 cm³/mol. The van der Waals surface area contributed by atoms with Crippen molar-refractivity contribution in [2.75, 3.05) is 10.2 Å². The topological polar surface area (TPSA) is 142 Å². The van der Waals surface area contributed by atoms with Crippen LogP contribution in [0.5, 0.6) is 0 Å². The van der Waals surface area contributed by atoms with Gasteiger partial charge in [0.2, 0.25) is 5.91 Å². The molecule has 2 aliphatic heterocycles. The van der Waals surface area contributed by atoms with E-state index in [2.05, 4.69) is 11.4 Å². The number of Topliss-reactive ketones (excluding diaryl/α,β-unsaturated/α-hetero) is 1. The third-order valence-corrected chi connectivity index (χ3v) is 6.50.